The number of esters is 2. The molecule has 0 unspecified atom stereocenters. The average molecular weight is 317 g/mol. The highest BCUT2D eigenvalue weighted by atomic mass is 16.5. The van der Waals surface area contributed by atoms with E-state index in [9.17, 15) is 14.4 Å². The Morgan fingerprint density at radius 3 is 2.09 bits per heavy atom. The Bertz CT molecular complexity index is 841. The smallest absolute Gasteiger partial charge is 0.341 e. The van der Waals surface area contributed by atoms with E-state index in [2.05, 4.69) is 9.47 Å². The van der Waals surface area contributed by atoms with Gasteiger partial charge in [-0.25, -0.2) is 9.59 Å². The predicted molar refractivity (Wildman–Crippen MR) is 83.5 cm³/mol. The molecule has 0 saturated heterocycles. The van der Waals surface area contributed by atoms with E-state index in [1.165, 1.54) is 43.2 Å². The number of carbonyl (C=O) groups is 2. The van der Waals surface area contributed by atoms with Gasteiger partial charge in [0.1, 0.15) is 0 Å². The van der Waals surface area contributed by atoms with Gasteiger partial charge in [-0.05, 0) is 18.2 Å². The van der Waals surface area contributed by atoms with E-state index in [1.807, 2.05) is 0 Å². The second-order valence-electron chi connectivity index (χ2n) is 4.61. The number of methoxy groups -OCH3 is 2. The van der Waals surface area contributed by atoms with Gasteiger partial charge in [-0.1, -0.05) is 0 Å². The minimum atomic E-state index is -0.671. The lowest BCUT2D eigenvalue weighted by Crippen LogP contribution is -2.21. The fraction of sp³-hybridized carbons (Fsp3) is 0.133. The van der Waals surface area contributed by atoms with Crippen molar-refractivity contribution >= 4 is 23.3 Å². The van der Waals surface area contributed by atoms with Crippen LogP contribution in [0.3, 0.4) is 0 Å². The predicted octanol–water partition coefficient (Wildman–Crippen LogP) is 0.575. The molecule has 2 rings (SSSR count). The van der Waals surface area contributed by atoms with Gasteiger partial charge >= 0.3 is 11.9 Å². The van der Waals surface area contributed by atoms with E-state index in [0.717, 1.165) is 6.07 Å². The van der Waals surface area contributed by atoms with Crippen LogP contribution < -0.4 is 17.0 Å². The molecule has 0 aliphatic carbocycles. The molecule has 8 heteroatoms. The van der Waals surface area contributed by atoms with Crippen molar-refractivity contribution < 1.29 is 19.1 Å². The lowest BCUT2D eigenvalue weighted by molar-refractivity contribution is 0.0592. The second-order valence-corrected chi connectivity index (χ2v) is 4.61. The molecule has 0 aliphatic rings. The molecule has 0 bridgehead atoms. The van der Waals surface area contributed by atoms with Gasteiger partial charge in [0.15, 0.2) is 0 Å². The fourth-order valence-corrected chi connectivity index (χ4v) is 2.03. The summed E-state index contributed by atoms with van der Waals surface area (Å²) in [5, 5.41) is 0. The second kappa shape index (κ2) is 6.22. The van der Waals surface area contributed by atoms with Gasteiger partial charge in [0.05, 0.1) is 36.7 Å². The third kappa shape index (κ3) is 3.00. The molecule has 1 heterocycles. The Balaban J connectivity index is 2.58. The number of anilines is 2. The van der Waals surface area contributed by atoms with Crippen molar-refractivity contribution in [3.63, 3.8) is 0 Å². The third-order valence-corrected chi connectivity index (χ3v) is 3.21. The van der Waals surface area contributed by atoms with Crippen LogP contribution in [0.4, 0.5) is 11.4 Å². The lowest BCUT2D eigenvalue weighted by Gasteiger charge is -2.11. The van der Waals surface area contributed by atoms with Crippen LogP contribution in [0.5, 0.6) is 0 Å². The molecule has 0 amide bonds. The molecule has 23 heavy (non-hydrogen) atoms. The summed E-state index contributed by atoms with van der Waals surface area (Å²) in [6, 6.07) is 5.46. The number of carbonyl (C=O) groups excluding carboxylic acids is 2. The van der Waals surface area contributed by atoms with Crippen molar-refractivity contribution in [2.75, 3.05) is 25.7 Å². The Morgan fingerprint density at radius 2 is 1.52 bits per heavy atom. The molecule has 0 aliphatic heterocycles. The van der Waals surface area contributed by atoms with E-state index < -0.39 is 17.5 Å². The molecular weight excluding hydrogens is 302 g/mol. The minimum Gasteiger partial charge on any atom is -0.465 e. The first-order valence-electron chi connectivity index (χ1n) is 6.47. The zero-order chi connectivity index (χ0) is 17.1. The first kappa shape index (κ1) is 16.1. The van der Waals surface area contributed by atoms with Crippen LogP contribution in [-0.2, 0) is 9.47 Å². The minimum absolute atomic E-state index is 0.0113. The first-order valence-corrected chi connectivity index (χ1v) is 6.47. The van der Waals surface area contributed by atoms with Gasteiger partial charge in [-0.3, -0.25) is 9.36 Å². The number of hydrogen-bond donors (Lipinski definition) is 2. The maximum atomic E-state index is 12.1. The van der Waals surface area contributed by atoms with Gasteiger partial charge in [-0.15, -0.1) is 0 Å². The van der Waals surface area contributed by atoms with Gasteiger partial charge in [0, 0.05) is 18.0 Å². The summed E-state index contributed by atoms with van der Waals surface area (Å²) < 4.78 is 10.4. The van der Waals surface area contributed by atoms with E-state index >= 15 is 0 Å². The number of hydrogen-bond acceptors (Lipinski definition) is 7. The largest absolute Gasteiger partial charge is 0.465 e. The summed E-state index contributed by atoms with van der Waals surface area (Å²) in [5.74, 6) is -1.26. The van der Waals surface area contributed by atoms with Crippen molar-refractivity contribution in [2.45, 2.75) is 0 Å². The molecule has 1 aromatic carbocycles. The van der Waals surface area contributed by atoms with Crippen molar-refractivity contribution in [2.24, 2.45) is 0 Å². The van der Waals surface area contributed by atoms with Crippen LogP contribution in [-0.4, -0.2) is 30.7 Å². The zero-order valence-corrected chi connectivity index (χ0v) is 12.5. The SMILES string of the molecule is COC(=O)c1ccc(-n2cc(C(=O)OC)c(N)cc2=O)cc1N. The number of ether oxygens (including phenoxy) is 2. The van der Waals surface area contributed by atoms with Gasteiger partial charge in [0.2, 0.25) is 0 Å². The molecule has 2 aromatic rings. The van der Waals surface area contributed by atoms with Crippen molar-refractivity contribution in [3.8, 4) is 5.69 Å². The molecule has 0 spiro atoms. The lowest BCUT2D eigenvalue weighted by atomic mass is 10.1. The molecule has 4 N–H and O–H groups in total. The molecular formula is C15H15N3O5. The molecule has 0 radical (unpaired) electrons. The highest BCUT2D eigenvalue weighted by molar-refractivity contribution is 5.96. The maximum absolute atomic E-state index is 12.1. The number of nitrogen functional groups attached to an aromatic ring is 2. The number of pyridine rings is 1. The monoisotopic (exact) mass is 317 g/mol. The van der Waals surface area contributed by atoms with E-state index in [-0.39, 0.29) is 22.5 Å². The molecule has 0 saturated carbocycles. The van der Waals surface area contributed by atoms with Crippen molar-refractivity contribution in [1.29, 1.82) is 0 Å². The maximum Gasteiger partial charge on any atom is 0.341 e. The van der Waals surface area contributed by atoms with Crippen LogP contribution in [0.25, 0.3) is 5.69 Å². The van der Waals surface area contributed by atoms with Crippen LogP contribution >= 0.6 is 0 Å². The molecule has 8 nitrogen and oxygen atoms in total. The number of rotatable bonds is 3. The highest BCUT2D eigenvalue weighted by Crippen LogP contribution is 2.19. The number of aromatic nitrogens is 1. The number of nitrogens with two attached hydrogens (primary N) is 2. The summed E-state index contributed by atoms with van der Waals surface area (Å²) in [6.07, 6.45) is 1.26. The number of nitrogens with zero attached hydrogens (tertiary/aromatic N) is 1. The van der Waals surface area contributed by atoms with Crippen LogP contribution in [0.1, 0.15) is 20.7 Å². The molecule has 0 atom stereocenters. The summed E-state index contributed by atoms with van der Waals surface area (Å²) in [7, 11) is 2.45. The summed E-state index contributed by atoms with van der Waals surface area (Å²) in [5.41, 5.74) is 11.7. The van der Waals surface area contributed by atoms with E-state index in [1.54, 1.807) is 0 Å². The van der Waals surface area contributed by atoms with E-state index in [4.69, 9.17) is 11.5 Å². The normalized spacial score (nSPS) is 10.2. The fourth-order valence-electron chi connectivity index (χ4n) is 2.03. The topological polar surface area (TPSA) is 127 Å². The Hall–Kier alpha value is -3.29. The Kier molecular flexibility index (Phi) is 4.35. The van der Waals surface area contributed by atoms with Crippen LogP contribution in [0, 0.1) is 0 Å². The van der Waals surface area contributed by atoms with Crippen LogP contribution in [0.2, 0.25) is 0 Å². The molecule has 0 fully saturated rings. The summed E-state index contributed by atoms with van der Waals surface area (Å²) >= 11 is 0. The summed E-state index contributed by atoms with van der Waals surface area (Å²) in [4.78, 5) is 35.3. The first-order chi connectivity index (χ1) is 10.9. The van der Waals surface area contributed by atoms with E-state index in [0.29, 0.717) is 5.69 Å². The van der Waals surface area contributed by atoms with Crippen LogP contribution in [0.15, 0.2) is 35.3 Å². The molecule has 120 valence electrons. The molecule has 1 aromatic heterocycles. The zero-order valence-electron chi connectivity index (χ0n) is 12.5. The van der Waals surface area contributed by atoms with Gasteiger partial charge < -0.3 is 20.9 Å². The number of benzene rings is 1. The van der Waals surface area contributed by atoms with Gasteiger partial charge in [-0.2, -0.15) is 0 Å². The average Bonchev–Trinajstić information content (AvgIpc) is 2.53. The summed E-state index contributed by atoms with van der Waals surface area (Å²) in [6.45, 7) is 0. The quantitative estimate of drug-likeness (QED) is 0.626. The third-order valence-electron chi connectivity index (χ3n) is 3.21. The standard InChI is InChI=1S/C15H15N3O5/c1-22-14(20)9-4-3-8(5-11(9)16)18-7-10(15(21)23-2)12(17)6-13(18)19/h3-7H,16-17H2,1-2H3. The highest BCUT2D eigenvalue weighted by Gasteiger charge is 2.15. The Labute approximate surface area is 131 Å². The van der Waals surface area contributed by atoms with Gasteiger partial charge in [0.25, 0.3) is 5.56 Å². The van der Waals surface area contributed by atoms with Crippen molar-refractivity contribution in [3.05, 3.63) is 51.9 Å². The Morgan fingerprint density at radius 1 is 0.957 bits per heavy atom. The van der Waals surface area contributed by atoms with Crippen molar-refractivity contribution in [1.82, 2.24) is 4.57 Å².